The Bertz CT molecular complexity index is 1290. The highest BCUT2D eigenvalue weighted by molar-refractivity contribution is 5.91. The Morgan fingerprint density at radius 1 is 0.938 bits per heavy atom. The van der Waals surface area contributed by atoms with E-state index in [2.05, 4.69) is 20.4 Å². The molecule has 32 heavy (non-hydrogen) atoms. The number of oxazole rings is 1. The number of aromatic nitrogens is 3. The van der Waals surface area contributed by atoms with Gasteiger partial charge in [-0.15, -0.1) is 10.2 Å². The quantitative estimate of drug-likeness (QED) is 0.520. The van der Waals surface area contributed by atoms with Gasteiger partial charge < -0.3 is 14.6 Å². The lowest BCUT2D eigenvalue weighted by molar-refractivity contribution is -0.116. The molecule has 4 aromatic rings. The number of anilines is 2. The third-order valence-corrected chi connectivity index (χ3v) is 5.67. The molecule has 1 aliphatic rings. The lowest BCUT2D eigenvalue weighted by Gasteiger charge is -2.27. The van der Waals surface area contributed by atoms with Crippen molar-refractivity contribution < 1.29 is 9.21 Å². The van der Waals surface area contributed by atoms with E-state index < -0.39 is 5.76 Å². The number of benzene rings is 2. The first-order valence-electron chi connectivity index (χ1n) is 10.7. The maximum atomic E-state index is 12.5. The number of fused-ring (bicyclic) bond motifs is 1. The molecule has 8 heteroatoms. The topological polar surface area (TPSA) is 93.3 Å². The Morgan fingerprint density at radius 2 is 1.72 bits per heavy atom. The molecule has 0 radical (unpaired) electrons. The first-order chi connectivity index (χ1) is 15.7. The summed E-state index contributed by atoms with van der Waals surface area (Å²) in [6.45, 7) is 1.94. The molecular formula is C24H23N5O3. The Hall–Kier alpha value is -3.94. The van der Waals surface area contributed by atoms with Crippen LogP contribution in [0.2, 0.25) is 0 Å². The summed E-state index contributed by atoms with van der Waals surface area (Å²) in [6.07, 6.45) is 3.67. The predicted molar refractivity (Wildman–Crippen MR) is 123 cm³/mol. The number of carbonyl (C=O) groups is 1. The van der Waals surface area contributed by atoms with E-state index in [1.807, 2.05) is 36.4 Å². The monoisotopic (exact) mass is 429 g/mol. The van der Waals surface area contributed by atoms with Crippen molar-refractivity contribution in [3.8, 4) is 11.3 Å². The second kappa shape index (κ2) is 8.66. The molecule has 2 aromatic heterocycles. The van der Waals surface area contributed by atoms with Crippen LogP contribution in [0, 0.1) is 0 Å². The zero-order valence-electron chi connectivity index (χ0n) is 17.5. The van der Waals surface area contributed by atoms with Crippen LogP contribution in [0.1, 0.15) is 19.3 Å². The van der Waals surface area contributed by atoms with Gasteiger partial charge in [-0.1, -0.05) is 24.3 Å². The van der Waals surface area contributed by atoms with Crippen molar-refractivity contribution in [3.63, 3.8) is 0 Å². The van der Waals surface area contributed by atoms with Crippen LogP contribution in [-0.4, -0.2) is 33.8 Å². The highest BCUT2D eigenvalue weighted by atomic mass is 16.4. The molecule has 162 valence electrons. The van der Waals surface area contributed by atoms with Crippen LogP contribution < -0.4 is 16.0 Å². The molecule has 5 rings (SSSR count). The Labute approximate surface area is 184 Å². The zero-order valence-corrected chi connectivity index (χ0v) is 17.5. The van der Waals surface area contributed by atoms with Gasteiger partial charge in [0.15, 0.2) is 11.4 Å². The number of para-hydroxylation sites is 2. The van der Waals surface area contributed by atoms with Gasteiger partial charge in [0.2, 0.25) is 5.91 Å². The van der Waals surface area contributed by atoms with E-state index in [-0.39, 0.29) is 12.5 Å². The number of hydrogen-bond acceptors (Lipinski definition) is 6. The van der Waals surface area contributed by atoms with E-state index in [0.717, 1.165) is 30.2 Å². The lowest BCUT2D eigenvalue weighted by atomic mass is 10.1. The van der Waals surface area contributed by atoms with Crippen LogP contribution in [0.3, 0.4) is 0 Å². The van der Waals surface area contributed by atoms with E-state index >= 15 is 0 Å². The summed E-state index contributed by atoms with van der Waals surface area (Å²) in [6, 6.07) is 18.4. The minimum atomic E-state index is -0.553. The molecule has 1 fully saturated rings. The second-order valence-corrected chi connectivity index (χ2v) is 7.87. The summed E-state index contributed by atoms with van der Waals surface area (Å²) in [5.41, 5.74) is 3.38. The maximum absolute atomic E-state index is 12.5. The van der Waals surface area contributed by atoms with Crippen molar-refractivity contribution in [2.45, 2.75) is 25.8 Å². The van der Waals surface area contributed by atoms with Crippen LogP contribution >= 0.6 is 0 Å². The molecule has 0 unspecified atom stereocenters. The lowest BCUT2D eigenvalue weighted by Crippen LogP contribution is -2.30. The van der Waals surface area contributed by atoms with Crippen molar-refractivity contribution >= 4 is 28.5 Å². The molecule has 2 aromatic carbocycles. The van der Waals surface area contributed by atoms with E-state index in [4.69, 9.17) is 4.42 Å². The average Bonchev–Trinajstić information content (AvgIpc) is 3.15. The number of nitrogens with one attached hydrogen (secondary N) is 1. The molecule has 0 spiro atoms. The normalized spacial score (nSPS) is 13.9. The minimum Gasteiger partial charge on any atom is -0.408 e. The molecule has 1 aliphatic heterocycles. The molecule has 0 saturated carbocycles. The Kier molecular flexibility index (Phi) is 5.41. The summed E-state index contributed by atoms with van der Waals surface area (Å²) >= 11 is 0. The molecule has 1 N–H and O–H groups in total. The average molecular weight is 429 g/mol. The largest absolute Gasteiger partial charge is 0.420 e. The van der Waals surface area contributed by atoms with Crippen LogP contribution in [-0.2, 0) is 11.3 Å². The Morgan fingerprint density at radius 3 is 2.47 bits per heavy atom. The van der Waals surface area contributed by atoms with Crippen LogP contribution in [0.4, 0.5) is 11.5 Å². The summed E-state index contributed by atoms with van der Waals surface area (Å²) in [7, 11) is 0. The summed E-state index contributed by atoms with van der Waals surface area (Å²) in [5, 5.41) is 11.6. The van der Waals surface area contributed by atoms with Crippen molar-refractivity contribution in [1.29, 1.82) is 0 Å². The standard InChI is InChI=1S/C24H23N5O3/c30-23(16-29-20-6-2-3-7-21(20)32-24(29)31)25-18-10-8-17(9-11-18)19-12-13-22(27-26-19)28-14-4-1-5-15-28/h2-3,6-13H,1,4-5,14-16H2,(H,25,30). The van der Waals surface area contributed by atoms with E-state index in [1.165, 1.54) is 23.8 Å². The number of hydrogen-bond donors (Lipinski definition) is 1. The first kappa shape index (κ1) is 20.0. The number of carbonyl (C=O) groups excluding carboxylic acids is 1. The molecule has 8 nitrogen and oxygen atoms in total. The smallest absolute Gasteiger partial charge is 0.408 e. The van der Waals surface area contributed by atoms with Crippen molar-refractivity contribution in [2.75, 3.05) is 23.3 Å². The number of nitrogens with zero attached hydrogens (tertiary/aromatic N) is 4. The van der Waals surface area contributed by atoms with Crippen LogP contribution in [0.5, 0.6) is 0 Å². The summed E-state index contributed by atoms with van der Waals surface area (Å²) in [4.78, 5) is 26.8. The molecular weight excluding hydrogens is 406 g/mol. The van der Waals surface area contributed by atoms with Gasteiger partial charge in [-0.25, -0.2) is 4.79 Å². The summed E-state index contributed by atoms with van der Waals surface area (Å²) in [5.74, 6) is 0.0553. The number of rotatable bonds is 5. The van der Waals surface area contributed by atoms with E-state index in [0.29, 0.717) is 16.8 Å². The molecule has 1 saturated heterocycles. The van der Waals surface area contributed by atoms with Gasteiger partial charge in [-0.05, 0) is 55.7 Å². The fraction of sp³-hybridized carbons (Fsp3) is 0.250. The van der Waals surface area contributed by atoms with E-state index in [1.54, 1.807) is 24.3 Å². The van der Waals surface area contributed by atoms with Gasteiger partial charge in [0.25, 0.3) is 0 Å². The third-order valence-electron chi connectivity index (χ3n) is 5.67. The molecule has 0 aliphatic carbocycles. The highest BCUT2D eigenvalue weighted by Gasteiger charge is 2.14. The van der Waals surface area contributed by atoms with E-state index in [9.17, 15) is 9.59 Å². The van der Waals surface area contributed by atoms with Crippen LogP contribution in [0.25, 0.3) is 22.4 Å². The second-order valence-electron chi connectivity index (χ2n) is 7.87. The fourth-order valence-corrected chi connectivity index (χ4v) is 4.00. The van der Waals surface area contributed by atoms with Gasteiger partial charge >= 0.3 is 5.76 Å². The molecule has 1 amide bonds. The van der Waals surface area contributed by atoms with Crippen molar-refractivity contribution in [2.24, 2.45) is 0 Å². The molecule has 0 bridgehead atoms. The van der Waals surface area contributed by atoms with Gasteiger partial charge in [0.05, 0.1) is 11.2 Å². The van der Waals surface area contributed by atoms with Gasteiger partial charge in [-0.2, -0.15) is 0 Å². The predicted octanol–water partition coefficient (Wildman–Crippen LogP) is 3.68. The molecule has 3 heterocycles. The minimum absolute atomic E-state index is 0.124. The third kappa shape index (κ3) is 4.12. The summed E-state index contributed by atoms with van der Waals surface area (Å²) < 4.78 is 6.49. The maximum Gasteiger partial charge on any atom is 0.420 e. The highest BCUT2D eigenvalue weighted by Crippen LogP contribution is 2.22. The Balaban J connectivity index is 1.25. The first-order valence-corrected chi connectivity index (χ1v) is 10.7. The van der Waals surface area contributed by atoms with Gasteiger partial charge in [0.1, 0.15) is 6.54 Å². The SMILES string of the molecule is O=C(Cn1c(=O)oc2ccccc21)Nc1ccc(-c2ccc(N3CCCCC3)nn2)cc1. The number of piperidine rings is 1. The van der Waals surface area contributed by atoms with Crippen molar-refractivity contribution in [3.05, 3.63) is 71.2 Å². The van der Waals surface area contributed by atoms with Gasteiger partial charge in [-0.3, -0.25) is 9.36 Å². The van der Waals surface area contributed by atoms with Crippen molar-refractivity contribution in [1.82, 2.24) is 14.8 Å². The van der Waals surface area contributed by atoms with Crippen LogP contribution in [0.15, 0.2) is 69.9 Å². The fourth-order valence-electron chi connectivity index (χ4n) is 4.00. The number of amides is 1. The molecule has 0 atom stereocenters. The van der Waals surface area contributed by atoms with Gasteiger partial charge in [0, 0.05) is 24.3 Å². The zero-order chi connectivity index (χ0) is 21.9.